The predicted molar refractivity (Wildman–Crippen MR) is 316 cm³/mol. The molecule has 0 aliphatic rings. The molecule has 0 saturated carbocycles. The summed E-state index contributed by atoms with van der Waals surface area (Å²) in [7, 11) is 0. The summed E-state index contributed by atoms with van der Waals surface area (Å²) in [5.41, 5.74) is 0. The molecule has 1 atom stereocenters. The van der Waals surface area contributed by atoms with Crippen molar-refractivity contribution in [2.24, 2.45) is 0 Å². The first-order valence-corrected chi connectivity index (χ1v) is 32.1. The van der Waals surface area contributed by atoms with E-state index in [1.165, 1.54) is 205 Å². The van der Waals surface area contributed by atoms with Gasteiger partial charge in [0.25, 0.3) is 0 Å². The molecule has 6 heteroatoms. The lowest BCUT2D eigenvalue weighted by atomic mass is 10.0. The van der Waals surface area contributed by atoms with E-state index in [0.717, 1.165) is 96.3 Å². The monoisotopic (exact) mass is 1020 g/mol. The van der Waals surface area contributed by atoms with Crippen LogP contribution in [0.4, 0.5) is 0 Å². The van der Waals surface area contributed by atoms with Crippen molar-refractivity contribution in [1.29, 1.82) is 0 Å². The summed E-state index contributed by atoms with van der Waals surface area (Å²) in [6, 6.07) is 0. The van der Waals surface area contributed by atoms with Crippen molar-refractivity contribution in [2.45, 2.75) is 348 Å². The standard InChI is InChI=1S/C67H122O6/c1-4-7-10-13-16-19-22-25-28-29-30-31-32-33-34-35-36-37-40-42-45-48-51-54-57-60-66(69)72-63-64(73-67(70)61-58-55-52-49-46-43-39-27-24-21-18-15-12-9-6-3)62-71-65(68)59-56-53-50-47-44-41-38-26-23-20-17-14-11-8-5-2/h9,12,18,21,27,29-30,39,64H,4-8,10-11,13-17,19-20,22-26,28,31-38,40-63H2,1-3H3/b12-9-,21-18-,30-29-,39-27-. The van der Waals surface area contributed by atoms with E-state index in [1.54, 1.807) is 0 Å². The third kappa shape index (κ3) is 60.1. The minimum absolute atomic E-state index is 0.0763. The number of carbonyl (C=O) groups is 3. The van der Waals surface area contributed by atoms with Crippen LogP contribution in [0.25, 0.3) is 0 Å². The Kier molecular flexibility index (Phi) is 59.7. The first-order chi connectivity index (χ1) is 36.0. The average molecular weight is 1020 g/mol. The van der Waals surface area contributed by atoms with Crippen molar-refractivity contribution in [1.82, 2.24) is 0 Å². The maximum atomic E-state index is 12.9. The predicted octanol–water partition coefficient (Wildman–Crippen LogP) is 21.8. The molecule has 0 aromatic carbocycles. The number of allylic oxidation sites excluding steroid dienone is 8. The zero-order chi connectivity index (χ0) is 52.9. The largest absolute Gasteiger partial charge is 0.462 e. The van der Waals surface area contributed by atoms with E-state index in [2.05, 4.69) is 69.4 Å². The number of unbranched alkanes of at least 4 members (excludes halogenated alkanes) is 40. The molecule has 6 nitrogen and oxygen atoms in total. The van der Waals surface area contributed by atoms with E-state index in [-0.39, 0.29) is 31.1 Å². The van der Waals surface area contributed by atoms with Gasteiger partial charge in [0, 0.05) is 19.3 Å². The number of hydrogen-bond donors (Lipinski definition) is 0. The van der Waals surface area contributed by atoms with Gasteiger partial charge in [0.15, 0.2) is 6.10 Å². The molecule has 0 aliphatic heterocycles. The molecule has 0 N–H and O–H groups in total. The van der Waals surface area contributed by atoms with Crippen LogP contribution in [0.2, 0.25) is 0 Å². The molecular weight excluding hydrogens is 901 g/mol. The molecule has 0 saturated heterocycles. The van der Waals surface area contributed by atoms with Crippen LogP contribution in [0.3, 0.4) is 0 Å². The molecule has 0 fully saturated rings. The highest BCUT2D eigenvalue weighted by Crippen LogP contribution is 2.17. The third-order valence-electron chi connectivity index (χ3n) is 14.3. The molecule has 0 heterocycles. The molecule has 426 valence electrons. The van der Waals surface area contributed by atoms with Gasteiger partial charge in [-0.1, -0.05) is 294 Å². The first-order valence-electron chi connectivity index (χ1n) is 32.1. The summed E-state index contributed by atoms with van der Waals surface area (Å²) in [5.74, 6) is -0.873. The molecule has 0 rings (SSSR count). The molecule has 0 spiro atoms. The molecule has 0 amide bonds. The van der Waals surface area contributed by atoms with E-state index in [1.807, 2.05) is 0 Å². The molecule has 73 heavy (non-hydrogen) atoms. The first kappa shape index (κ1) is 70.4. The molecule has 0 aliphatic carbocycles. The van der Waals surface area contributed by atoms with Crippen LogP contribution in [0.1, 0.15) is 342 Å². The van der Waals surface area contributed by atoms with Crippen LogP contribution in [0.5, 0.6) is 0 Å². The fraction of sp³-hybridized carbons (Fsp3) is 0.836. The minimum Gasteiger partial charge on any atom is -0.462 e. The van der Waals surface area contributed by atoms with Crippen molar-refractivity contribution in [3.63, 3.8) is 0 Å². The third-order valence-corrected chi connectivity index (χ3v) is 14.3. The van der Waals surface area contributed by atoms with Gasteiger partial charge in [-0.05, 0) is 77.0 Å². The van der Waals surface area contributed by atoms with Gasteiger partial charge >= 0.3 is 17.9 Å². The van der Waals surface area contributed by atoms with Gasteiger partial charge in [-0.2, -0.15) is 0 Å². The van der Waals surface area contributed by atoms with E-state index >= 15 is 0 Å². The van der Waals surface area contributed by atoms with Crippen LogP contribution < -0.4 is 0 Å². The molecule has 0 aromatic heterocycles. The quantitative estimate of drug-likeness (QED) is 0.0261. The summed E-state index contributed by atoms with van der Waals surface area (Å²) < 4.78 is 16.9. The fourth-order valence-electron chi connectivity index (χ4n) is 9.51. The van der Waals surface area contributed by atoms with Crippen LogP contribution in [-0.2, 0) is 28.6 Å². The summed E-state index contributed by atoms with van der Waals surface area (Å²) in [4.78, 5) is 38.3. The average Bonchev–Trinajstić information content (AvgIpc) is 3.39. The Morgan fingerprint density at radius 1 is 0.288 bits per heavy atom. The lowest BCUT2D eigenvalue weighted by Gasteiger charge is -2.18. The van der Waals surface area contributed by atoms with Gasteiger partial charge in [0.2, 0.25) is 0 Å². The zero-order valence-electron chi connectivity index (χ0n) is 48.9. The Labute approximate surface area is 454 Å². The van der Waals surface area contributed by atoms with Crippen LogP contribution in [-0.4, -0.2) is 37.2 Å². The number of ether oxygens (including phenoxy) is 3. The summed E-state index contributed by atoms with van der Waals surface area (Å²) in [6.07, 6.45) is 76.9. The SMILES string of the molecule is CC/C=C\C/C=C\C/C=C\CCCCCCCC(=O)OC(COC(=O)CCCCCCCCCCCCCCC/C=C\CCCCCCCCCC)COC(=O)CCCCCCCCCCCCCCCCC. The minimum atomic E-state index is -0.780. The van der Waals surface area contributed by atoms with Crippen molar-refractivity contribution < 1.29 is 28.6 Å². The number of rotatable bonds is 59. The number of hydrogen-bond acceptors (Lipinski definition) is 6. The van der Waals surface area contributed by atoms with Crippen LogP contribution in [0, 0.1) is 0 Å². The highest BCUT2D eigenvalue weighted by atomic mass is 16.6. The Morgan fingerprint density at radius 3 is 0.849 bits per heavy atom. The normalized spacial score (nSPS) is 12.3. The molecule has 0 radical (unpaired) electrons. The van der Waals surface area contributed by atoms with E-state index in [4.69, 9.17) is 14.2 Å². The van der Waals surface area contributed by atoms with Crippen molar-refractivity contribution in [3.05, 3.63) is 48.6 Å². The smallest absolute Gasteiger partial charge is 0.306 e. The van der Waals surface area contributed by atoms with Crippen molar-refractivity contribution in [3.8, 4) is 0 Å². The van der Waals surface area contributed by atoms with Gasteiger partial charge < -0.3 is 14.2 Å². The van der Waals surface area contributed by atoms with Gasteiger partial charge in [-0.3, -0.25) is 14.4 Å². The van der Waals surface area contributed by atoms with Crippen LogP contribution >= 0.6 is 0 Å². The fourth-order valence-corrected chi connectivity index (χ4v) is 9.51. The second kappa shape index (κ2) is 61.9. The Bertz CT molecular complexity index is 1270. The molecular formula is C67H122O6. The van der Waals surface area contributed by atoms with Gasteiger partial charge in [-0.25, -0.2) is 0 Å². The highest BCUT2D eigenvalue weighted by Gasteiger charge is 2.19. The Balaban J connectivity index is 4.26. The topological polar surface area (TPSA) is 78.9 Å². The maximum Gasteiger partial charge on any atom is 0.306 e. The van der Waals surface area contributed by atoms with Gasteiger partial charge in [-0.15, -0.1) is 0 Å². The van der Waals surface area contributed by atoms with Crippen LogP contribution in [0.15, 0.2) is 48.6 Å². The highest BCUT2D eigenvalue weighted by molar-refractivity contribution is 5.71. The second-order valence-corrected chi connectivity index (χ2v) is 21.6. The van der Waals surface area contributed by atoms with Crippen molar-refractivity contribution in [2.75, 3.05) is 13.2 Å². The van der Waals surface area contributed by atoms with E-state index < -0.39 is 6.10 Å². The van der Waals surface area contributed by atoms with Gasteiger partial charge in [0.05, 0.1) is 0 Å². The number of carbonyl (C=O) groups excluding carboxylic acids is 3. The summed E-state index contributed by atoms with van der Waals surface area (Å²) in [5, 5.41) is 0. The number of esters is 3. The van der Waals surface area contributed by atoms with E-state index in [0.29, 0.717) is 19.3 Å². The summed E-state index contributed by atoms with van der Waals surface area (Å²) in [6.45, 7) is 6.57. The summed E-state index contributed by atoms with van der Waals surface area (Å²) >= 11 is 0. The zero-order valence-corrected chi connectivity index (χ0v) is 48.9. The Morgan fingerprint density at radius 2 is 0.534 bits per heavy atom. The van der Waals surface area contributed by atoms with Crippen molar-refractivity contribution >= 4 is 17.9 Å². The second-order valence-electron chi connectivity index (χ2n) is 21.6. The molecule has 1 unspecified atom stereocenters. The maximum absolute atomic E-state index is 12.9. The lowest BCUT2D eigenvalue weighted by molar-refractivity contribution is -0.167. The molecule has 0 bridgehead atoms. The Hall–Kier alpha value is -2.63. The van der Waals surface area contributed by atoms with E-state index in [9.17, 15) is 14.4 Å². The van der Waals surface area contributed by atoms with Gasteiger partial charge in [0.1, 0.15) is 13.2 Å². The lowest BCUT2D eigenvalue weighted by Crippen LogP contribution is -2.30. The molecule has 0 aromatic rings.